The number of rotatable bonds is 12. The second kappa shape index (κ2) is 14.6. The predicted molar refractivity (Wildman–Crippen MR) is 196 cm³/mol. The molecule has 0 aliphatic carbocycles. The van der Waals surface area contributed by atoms with Gasteiger partial charge in [-0.15, -0.1) is 5.10 Å². The highest BCUT2D eigenvalue weighted by molar-refractivity contribution is 6.09. The van der Waals surface area contributed by atoms with E-state index in [-0.39, 0.29) is 25.0 Å². The van der Waals surface area contributed by atoms with Gasteiger partial charge in [0, 0.05) is 37.1 Å². The molecule has 2 aliphatic heterocycles. The fourth-order valence-electron chi connectivity index (χ4n) is 6.90. The summed E-state index contributed by atoms with van der Waals surface area (Å²) >= 11 is 0. The third-order valence-corrected chi connectivity index (χ3v) is 9.72. The number of hydrogen-bond acceptors (Lipinski definition) is 7. The molecule has 0 spiro atoms. The van der Waals surface area contributed by atoms with Crippen LogP contribution in [0.1, 0.15) is 60.1 Å². The van der Waals surface area contributed by atoms with Gasteiger partial charge >= 0.3 is 0 Å². The number of para-hydroxylation sites is 1. The third kappa shape index (κ3) is 6.75. The Kier molecular flexibility index (Phi) is 9.70. The number of allylic oxidation sites excluding steroid dienone is 1. The van der Waals surface area contributed by atoms with Gasteiger partial charge in [-0.3, -0.25) is 14.3 Å². The average molecular weight is 681 g/mol. The number of anilines is 2. The Bertz CT molecular complexity index is 2080. The highest BCUT2D eigenvalue weighted by atomic mass is 16.3. The van der Waals surface area contributed by atoms with Crippen LogP contribution in [0.2, 0.25) is 0 Å². The first kappa shape index (κ1) is 33.8. The summed E-state index contributed by atoms with van der Waals surface area (Å²) in [6.45, 7) is 2.54. The van der Waals surface area contributed by atoms with Gasteiger partial charge in [0.2, 0.25) is 5.91 Å². The van der Waals surface area contributed by atoms with Gasteiger partial charge in [0.1, 0.15) is 0 Å². The molecule has 2 amide bonds. The normalized spacial score (nSPS) is 18.6. The fourth-order valence-corrected chi connectivity index (χ4v) is 6.90. The number of amides is 2. The van der Waals surface area contributed by atoms with E-state index < -0.39 is 17.4 Å². The molecule has 2 aliphatic rings. The minimum Gasteiger partial charge on any atom is -0.395 e. The SMILES string of the molecule is C[C@@H](/C=C/CCn1cc(C(CO)c2ccccc2)nn1)[C@]1(O)C(=O)N(Cc2cccc(N3N=C(c4ccccc4)CCC3=O)c2)c2ccccc21. The van der Waals surface area contributed by atoms with Crippen LogP contribution in [0.5, 0.6) is 0 Å². The predicted octanol–water partition coefficient (Wildman–Crippen LogP) is 5.95. The quantitative estimate of drug-likeness (QED) is 0.157. The van der Waals surface area contributed by atoms with Gasteiger partial charge in [-0.1, -0.05) is 115 Å². The number of nitrogens with zero attached hydrogens (tertiary/aromatic N) is 6. The van der Waals surface area contributed by atoms with Crippen LogP contribution >= 0.6 is 0 Å². The Balaban J connectivity index is 1.05. The first-order valence-electron chi connectivity index (χ1n) is 17.3. The van der Waals surface area contributed by atoms with Gasteiger partial charge in [-0.25, -0.2) is 5.01 Å². The van der Waals surface area contributed by atoms with Crippen LogP contribution in [0.15, 0.2) is 133 Å². The van der Waals surface area contributed by atoms with Crippen LogP contribution in [0.3, 0.4) is 0 Å². The molecule has 258 valence electrons. The maximum Gasteiger partial charge on any atom is 0.264 e. The second-order valence-corrected chi connectivity index (χ2v) is 13.0. The Labute approximate surface area is 297 Å². The molecule has 0 fully saturated rings. The summed E-state index contributed by atoms with van der Waals surface area (Å²) in [6, 6.07) is 34.4. The van der Waals surface area contributed by atoms with E-state index >= 15 is 0 Å². The zero-order valence-electron chi connectivity index (χ0n) is 28.4. The topological polar surface area (TPSA) is 124 Å². The van der Waals surface area contributed by atoms with Crippen LogP contribution in [0.4, 0.5) is 11.4 Å². The molecule has 3 atom stereocenters. The van der Waals surface area contributed by atoms with Gasteiger partial charge in [0.05, 0.1) is 41.8 Å². The van der Waals surface area contributed by atoms with Crippen molar-refractivity contribution in [2.24, 2.45) is 11.0 Å². The van der Waals surface area contributed by atoms with Crippen molar-refractivity contribution >= 4 is 28.9 Å². The van der Waals surface area contributed by atoms with Crippen LogP contribution < -0.4 is 9.91 Å². The molecular weight excluding hydrogens is 640 g/mol. The fraction of sp³-hybridized carbons (Fsp3) is 0.244. The highest BCUT2D eigenvalue weighted by Crippen LogP contribution is 2.45. The first-order valence-corrected chi connectivity index (χ1v) is 17.3. The summed E-state index contributed by atoms with van der Waals surface area (Å²) < 4.78 is 1.74. The van der Waals surface area contributed by atoms with Gasteiger partial charge in [-0.2, -0.15) is 5.10 Å². The molecule has 5 aromatic rings. The number of benzene rings is 4. The molecule has 2 N–H and O–H groups in total. The lowest BCUT2D eigenvalue weighted by atomic mass is 9.83. The zero-order valence-corrected chi connectivity index (χ0v) is 28.4. The van der Waals surface area contributed by atoms with Crippen molar-refractivity contribution in [1.29, 1.82) is 0 Å². The van der Waals surface area contributed by atoms with Crippen LogP contribution in [0, 0.1) is 5.92 Å². The van der Waals surface area contributed by atoms with Crippen molar-refractivity contribution in [1.82, 2.24) is 15.0 Å². The summed E-state index contributed by atoms with van der Waals surface area (Å²) in [6.07, 6.45) is 7.21. The lowest BCUT2D eigenvalue weighted by molar-refractivity contribution is -0.139. The molecule has 0 saturated carbocycles. The number of aliphatic hydroxyl groups is 2. The van der Waals surface area contributed by atoms with Crippen molar-refractivity contribution in [3.05, 3.63) is 155 Å². The van der Waals surface area contributed by atoms with Crippen molar-refractivity contribution in [3.63, 3.8) is 0 Å². The van der Waals surface area contributed by atoms with Crippen LogP contribution in [0.25, 0.3) is 0 Å². The number of aryl methyl sites for hydroxylation is 1. The molecule has 0 saturated heterocycles. The number of fused-ring (bicyclic) bond motifs is 1. The second-order valence-electron chi connectivity index (χ2n) is 13.0. The van der Waals surface area contributed by atoms with Crippen LogP contribution in [-0.4, -0.2) is 49.3 Å². The molecule has 1 unspecified atom stereocenters. The monoisotopic (exact) mass is 680 g/mol. The van der Waals surface area contributed by atoms with E-state index in [9.17, 15) is 19.8 Å². The number of carbonyl (C=O) groups excluding carboxylic acids is 2. The lowest BCUT2D eigenvalue weighted by Gasteiger charge is -2.28. The van der Waals surface area contributed by atoms with E-state index in [2.05, 4.69) is 10.3 Å². The van der Waals surface area contributed by atoms with E-state index in [0.717, 1.165) is 22.4 Å². The van der Waals surface area contributed by atoms with E-state index in [1.807, 2.05) is 134 Å². The molecule has 0 radical (unpaired) electrons. The van der Waals surface area contributed by atoms with Gasteiger partial charge in [-0.05, 0) is 41.3 Å². The maximum atomic E-state index is 14.1. The molecule has 51 heavy (non-hydrogen) atoms. The number of carbonyl (C=O) groups is 2. The van der Waals surface area contributed by atoms with Gasteiger partial charge in [0.15, 0.2) is 5.60 Å². The summed E-state index contributed by atoms with van der Waals surface area (Å²) in [5, 5.41) is 36.8. The largest absolute Gasteiger partial charge is 0.395 e. The molecule has 4 aromatic carbocycles. The van der Waals surface area contributed by atoms with E-state index in [4.69, 9.17) is 5.10 Å². The van der Waals surface area contributed by atoms with Crippen molar-refractivity contribution < 1.29 is 19.8 Å². The molecule has 10 heteroatoms. The van der Waals surface area contributed by atoms with Crippen molar-refractivity contribution in [3.8, 4) is 0 Å². The Morgan fingerprint density at radius 3 is 2.43 bits per heavy atom. The summed E-state index contributed by atoms with van der Waals surface area (Å²) in [7, 11) is 0. The number of hydrazone groups is 1. The minimum atomic E-state index is -1.76. The minimum absolute atomic E-state index is 0.0705. The number of hydrogen-bond donors (Lipinski definition) is 2. The standard InChI is InChI=1S/C41H40N6O4/c1-29(13-10-11-24-45-27-37(42-44-45)34(28-48)31-15-4-2-5-16-31)41(51)35-20-8-9-21-38(35)46(40(41)50)26-30-14-12-19-33(25-30)47-39(49)23-22-36(43-47)32-17-6-3-7-18-32/h2-10,12-21,25,27,29,34,48,51H,11,22-24,26,28H2,1H3/b13-10+/t29-,34?,41+/m0/s1. The summed E-state index contributed by atoms with van der Waals surface area (Å²) in [5.74, 6) is -1.27. The molecular formula is C41H40N6O4. The highest BCUT2D eigenvalue weighted by Gasteiger charge is 2.52. The first-order chi connectivity index (χ1) is 24.9. The Morgan fingerprint density at radius 2 is 1.65 bits per heavy atom. The molecule has 10 nitrogen and oxygen atoms in total. The van der Waals surface area contributed by atoms with Gasteiger partial charge < -0.3 is 15.1 Å². The summed E-state index contributed by atoms with van der Waals surface area (Å²) in [5.41, 5.74) is 4.39. The molecule has 3 heterocycles. The maximum absolute atomic E-state index is 14.1. The van der Waals surface area contributed by atoms with Crippen LogP contribution in [-0.2, 0) is 28.3 Å². The summed E-state index contributed by atoms with van der Waals surface area (Å²) in [4.78, 5) is 28.8. The molecule has 7 rings (SSSR count). The average Bonchev–Trinajstić information content (AvgIpc) is 3.72. The van der Waals surface area contributed by atoms with E-state index in [0.29, 0.717) is 48.4 Å². The molecule has 1 aromatic heterocycles. The Hall–Kier alpha value is -5.71. The van der Waals surface area contributed by atoms with Crippen molar-refractivity contribution in [2.45, 2.75) is 50.8 Å². The van der Waals surface area contributed by atoms with E-state index in [1.54, 1.807) is 9.58 Å². The zero-order chi connectivity index (χ0) is 35.4. The van der Waals surface area contributed by atoms with Gasteiger partial charge in [0.25, 0.3) is 5.91 Å². The van der Waals surface area contributed by atoms with Crippen molar-refractivity contribution in [2.75, 3.05) is 16.5 Å². The number of aliphatic hydroxyl groups excluding tert-OH is 1. The smallest absolute Gasteiger partial charge is 0.264 e. The lowest BCUT2D eigenvalue weighted by Crippen LogP contribution is -2.44. The Morgan fingerprint density at radius 1 is 0.902 bits per heavy atom. The number of aromatic nitrogens is 3. The molecule has 0 bridgehead atoms. The van der Waals surface area contributed by atoms with E-state index in [1.165, 1.54) is 5.01 Å². The third-order valence-electron chi connectivity index (χ3n) is 9.72.